The van der Waals surface area contributed by atoms with Crippen molar-refractivity contribution in [2.45, 2.75) is 6.54 Å². The lowest BCUT2D eigenvalue weighted by Crippen LogP contribution is -2.01. The van der Waals surface area contributed by atoms with Crippen LogP contribution >= 0.6 is 24.0 Å². The second kappa shape index (κ2) is 5.01. The summed E-state index contributed by atoms with van der Waals surface area (Å²) in [5.41, 5.74) is 5.65. The van der Waals surface area contributed by atoms with E-state index < -0.39 is 4.92 Å². The van der Waals surface area contributed by atoms with Crippen LogP contribution in [0.4, 0.5) is 5.69 Å². The van der Waals surface area contributed by atoms with Gasteiger partial charge in [0.05, 0.1) is 4.92 Å². The van der Waals surface area contributed by atoms with Crippen LogP contribution in [0.25, 0.3) is 0 Å². The molecule has 0 saturated carbocycles. The summed E-state index contributed by atoms with van der Waals surface area (Å²) in [6, 6.07) is 4.69. The Kier molecular flexibility index (Phi) is 4.69. The lowest BCUT2D eigenvalue weighted by atomic mass is 10.2. The van der Waals surface area contributed by atoms with Gasteiger partial charge in [-0.05, 0) is 6.07 Å². The van der Waals surface area contributed by atoms with E-state index in [0.717, 1.165) is 0 Å². The van der Waals surface area contributed by atoms with Gasteiger partial charge in [0.1, 0.15) is 5.02 Å². The van der Waals surface area contributed by atoms with Crippen LogP contribution in [0.15, 0.2) is 18.2 Å². The maximum absolute atomic E-state index is 10.5. The predicted molar refractivity (Wildman–Crippen MR) is 53.2 cm³/mol. The van der Waals surface area contributed by atoms with Crippen molar-refractivity contribution in [2.75, 3.05) is 0 Å². The topological polar surface area (TPSA) is 69.2 Å². The Labute approximate surface area is 86.2 Å². The van der Waals surface area contributed by atoms with Crippen LogP contribution in [0.1, 0.15) is 5.56 Å². The number of nitro groups is 1. The second-order valence-corrected chi connectivity index (χ2v) is 2.62. The van der Waals surface area contributed by atoms with E-state index in [1.165, 1.54) is 6.07 Å². The molecular formula is C7H8Cl2N2O2. The van der Waals surface area contributed by atoms with Gasteiger partial charge in [-0.25, -0.2) is 0 Å². The Hall–Kier alpha value is -0.840. The highest BCUT2D eigenvalue weighted by Gasteiger charge is 2.16. The molecule has 0 aliphatic carbocycles. The third kappa shape index (κ3) is 2.55. The first-order chi connectivity index (χ1) is 5.66. The molecule has 4 nitrogen and oxygen atoms in total. The Morgan fingerprint density at radius 2 is 2.15 bits per heavy atom. The molecule has 72 valence electrons. The van der Waals surface area contributed by atoms with E-state index in [1.807, 2.05) is 0 Å². The fraction of sp³-hybridized carbons (Fsp3) is 0.143. The van der Waals surface area contributed by atoms with Crippen molar-refractivity contribution in [1.82, 2.24) is 0 Å². The van der Waals surface area contributed by atoms with E-state index in [-0.39, 0.29) is 29.7 Å². The van der Waals surface area contributed by atoms with E-state index in [4.69, 9.17) is 17.3 Å². The first-order valence-corrected chi connectivity index (χ1v) is 3.66. The maximum atomic E-state index is 10.5. The van der Waals surface area contributed by atoms with Crippen LogP contribution in [-0.2, 0) is 6.54 Å². The zero-order valence-corrected chi connectivity index (χ0v) is 8.14. The molecule has 0 heterocycles. The van der Waals surface area contributed by atoms with Crippen molar-refractivity contribution >= 4 is 29.7 Å². The minimum Gasteiger partial charge on any atom is -0.326 e. The van der Waals surface area contributed by atoms with Crippen LogP contribution in [0.3, 0.4) is 0 Å². The molecule has 0 atom stereocenters. The standard InChI is InChI=1S/C7H7ClN2O2.ClH/c8-6-3-1-2-5(4-9)7(6)10(11)12;/h1-3H,4,9H2;1H. The molecule has 0 radical (unpaired) electrons. The van der Waals surface area contributed by atoms with Crippen LogP contribution in [0.5, 0.6) is 0 Å². The molecule has 2 N–H and O–H groups in total. The monoisotopic (exact) mass is 222 g/mol. The van der Waals surface area contributed by atoms with Crippen molar-refractivity contribution in [2.24, 2.45) is 5.73 Å². The number of hydrogen-bond donors (Lipinski definition) is 1. The van der Waals surface area contributed by atoms with Gasteiger partial charge in [-0.15, -0.1) is 12.4 Å². The number of hydrogen-bond acceptors (Lipinski definition) is 3. The normalized spacial score (nSPS) is 9.08. The van der Waals surface area contributed by atoms with Gasteiger partial charge in [-0.1, -0.05) is 23.7 Å². The van der Waals surface area contributed by atoms with Gasteiger partial charge in [0.25, 0.3) is 5.69 Å². The lowest BCUT2D eigenvalue weighted by molar-refractivity contribution is -0.385. The summed E-state index contributed by atoms with van der Waals surface area (Å²) in [6.45, 7) is 0.122. The molecule has 0 spiro atoms. The SMILES string of the molecule is Cl.NCc1cccc(Cl)c1[N+](=O)[O-]. The summed E-state index contributed by atoms with van der Waals surface area (Å²) in [5, 5.41) is 10.6. The van der Waals surface area contributed by atoms with E-state index in [9.17, 15) is 10.1 Å². The highest BCUT2D eigenvalue weighted by molar-refractivity contribution is 6.32. The number of nitro benzene ring substituents is 1. The number of nitrogens with zero attached hydrogens (tertiary/aromatic N) is 1. The first kappa shape index (κ1) is 12.2. The number of halogens is 2. The third-order valence-corrected chi connectivity index (χ3v) is 1.78. The predicted octanol–water partition coefficient (Wildman–Crippen LogP) is 2.13. The fourth-order valence-corrected chi connectivity index (χ4v) is 1.19. The number of rotatable bonds is 2. The van der Waals surface area contributed by atoms with Gasteiger partial charge in [0.2, 0.25) is 0 Å². The lowest BCUT2D eigenvalue weighted by Gasteiger charge is -1.99. The fourth-order valence-electron chi connectivity index (χ4n) is 0.929. The van der Waals surface area contributed by atoms with Crippen molar-refractivity contribution in [1.29, 1.82) is 0 Å². The molecule has 0 aromatic heterocycles. The van der Waals surface area contributed by atoms with E-state index in [0.29, 0.717) is 5.56 Å². The number of benzene rings is 1. The average Bonchev–Trinajstić information content (AvgIpc) is 2.03. The molecule has 1 aromatic carbocycles. The Morgan fingerprint density at radius 3 is 2.54 bits per heavy atom. The van der Waals surface area contributed by atoms with Gasteiger partial charge in [0.15, 0.2) is 0 Å². The van der Waals surface area contributed by atoms with Crippen molar-refractivity contribution in [3.8, 4) is 0 Å². The van der Waals surface area contributed by atoms with Gasteiger partial charge in [-0.3, -0.25) is 10.1 Å². The molecule has 6 heteroatoms. The maximum Gasteiger partial charge on any atom is 0.292 e. The second-order valence-electron chi connectivity index (χ2n) is 2.21. The minimum atomic E-state index is -0.523. The van der Waals surface area contributed by atoms with Crippen LogP contribution < -0.4 is 5.73 Å². The minimum absolute atomic E-state index is 0. The Bertz CT molecular complexity index is 317. The van der Waals surface area contributed by atoms with Crippen molar-refractivity contribution < 1.29 is 4.92 Å². The van der Waals surface area contributed by atoms with Gasteiger partial charge in [-0.2, -0.15) is 0 Å². The number of para-hydroxylation sites is 1. The summed E-state index contributed by atoms with van der Waals surface area (Å²) in [5.74, 6) is 0. The summed E-state index contributed by atoms with van der Waals surface area (Å²) in [6.07, 6.45) is 0. The summed E-state index contributed by atoms with van der Waals surface area (Å²) in [7, 11) is 0. The quantitative estimate of drug-likeness (QED) is 0.616. The molecule has 0 bridgehead atoms. The van der Waals surface area contributed by atoms with Crippen molar-refractivity contribution in [3.63, 3.8) is 0 Å². The molecule has 0 aliphatic heterocycles. The highest BCUT2D eigenvalue weighted by atomic mass is 35.5. The van der Waals surface area contributed by atoms with Crippen LogP contribution in [0, 0.1) is 10.1 Å². The summed E-state index contributed by atoms with van der Waals surface area (Å²) < 4.78 is 0. The van der Waals surface area contributed by atoms with E-state index >= 15 is 0 Å². The zero-order chi connectivity index (χ0) is 9.14. The highest BCUT2D eigenvalue weighted by Crippen LogP contribution is 2.27. The molecule has 0 amide bonds. The van der Waals surface area contributed by atoms with E-state index in [1.54, 1.807) is 12.1 Å². The summed E-state index contributed by atoms with van der Waals surface area (Å²) >= 11 is 5.61. The molecular weight excluding hydrogens is 215 g/mol. The van der Waals surface area contributed by atoms with Crippen LogP contribution in [0.2, 0.25) is 5.02 Å². The third-order valence-electron chi connectivity index (χ3n) is 1.47. The smallest absolute Gasteiger partial charge is 0.292 e. The molecule has 0 saturated heterocycles. The largest absolute Gasteiger partial charge is 0.326 e. The van der Waals surface area contributed by atoms with Gasteiger partial charge in [0, 0.05) is 12.1 Å². The molecule has 0 fully saturated rings. The molecule has 0 aliphatic rings. The average molecular weight is 223 g/mol. The molecule has 1 aromatic rings. The molecule has 13 heavy (non-hydrogen) atoms. The first-order valence-electron chi connectivity index (χ1n) is 3.28. The number of nitrogens with two attached hydrogens (primary N) is 1. The van der Waals surface area contributed by atoms with Crippen LogP contribution in [-0.4, -0.2) is 4.92 Å². The zero-order valence-electron chi connectivity index (χ0n) is 6.57. The van der Waals surface area contributed by atoms with Gasteiger partial charge >= 0.3 is 0 Å². The summed E-state index contributed by atoms with van der Waals surface area (Å²) in [4.78, 5) is 9.94. The Balaban J connectivity index is 0.00000144. The molecule has 1 rings (SSSR count). The van der Waals surface area contributed by atoms with Gasteiger partial charge < -0.3 is 5.73 Å². The van der Waals surface area contributed by atoms with E-state index in [2.05, 4.69) is 0 Å². The van der Waals surface area contributed by atoms with Crippen molar-refractivity contribution in [3.05, 3.63) is 38.9 Å². The Morgan fingerprint density at radius 1 is 1.54 bits per heavy atom. The molecule has 0 unspecified atom stereocenters.